The average Bonchev–Trinajstić information content (AvgIpc) is 3.82. The molecule has 3 fully saturated rings. The number of aliphatic hydroxyl groups excluding tert-OH is 2. The lowest BCUT2D eigenvalue weighted by Crippen LogP contribution is -2.53. The second kappa shape index (κ2) is 31.1. The maximum Gasteiger partial charge on any atom is 0.303 e. The molecule has 16 nitrogen and oxygen atoms in total. The van der Waals surface area contributed by atoms with Crippen molar-refractivity contribution in [2.24, 2.45) is 17.8 Å². The first kappa shape index (κ1) is 62.4. The average molecular weight is 1020 g/mol. The second-order valence-corrected chi connectivity index (χ2v) is 19.1. The maximum absolute atomic E-state index is 12.9. The van der Waals surface area contributed by atoms with Gasteiger partial charge in [-0.1, -0.05) is 115 Å². The Kier molecular flexibility index (Phi) is 26.6. The van der Waals surface area contributed by atoms with Gasteiger partial charge >= 0.3 is 17.9 Å². The van der Waals surface area contributed by atoms with Crippen LogP contribution in [0, 0.1) is 17.8 Å². The van der Waals surface area contributed by atoms with Crippen molar-refractivity contribution >= 4 is 29.5 Å². The first-order valence-electron chi connectivity index (χ1n) is 24.7. The predicted octanol–water partition coefficient (Wildman–Crippen LogP) is 7.58. The van der Waals surface area contributed by atoms with Crippen molar-refractivity contribution in [3.05, 3.63) is 109 Å². The van der Waals surface area contributed by atoms with Crippen molar-refractivity contribution in [2.45, 2.75) is 187 Å². The molecule has 0 aliphatic carbocycles. The number of rotatable bonds is 23. The van der Waals surface area contributed by atoms with Crippen LogP contribution >= 0.6 is 0 Å². The van der Waals surface area contributed by atoms with Crippen LogP contribution in [0.25, 0.3) is 0 Å². The zero-order valence-corrected chi connectivity index (χ0v) is 41.9. The van der Waals surface area contributed by atoms with E-state index in [2.05, 4.69) is 13.2 Å². The molecular formula is C57H82O16. The summed E-state index contributed by atoms with van der Waals surface area (Å²) < 4.78 is 52.8. The summed E-state index contributed by atoms with van der Waals surface area (Å²) in [7, 11) is 0. The largest absolute Gasteiger partial charge is 0.466 e. The number of ketones is 2. The highest BCUT2D eigenvalue weighted by molar-refractivity contribution is 5.94. The molecule has 406 valence electrons. The van der Waals surface area contributed by atoms with Crippen molar-refractivity contribution in [1.29, 1.82) is 0 Å². The van der Waals surface area contributed by atoms with E-state index >= 15 is 0 Å². The summed E-state index contributed by atoms with van der Waals surface area (Å²) in [5.74, 6) is -2.17. The van der Waals surface area contributed by atoms with E-state index in [0.717, 1.165) is 11.1 Å². The Balaban J connectivity index is 0.000000376. The van der Waals surface area contributed by atoms with Crippen LogP contribution in [0.4, 0.5) is 0 Å². The third kappa shape index (κ3) is 18.8. The first-order chi connectivity index (χ1) is 34.0. The van der Waals surface area contributed by atoms with Gasteiger partial charge in [-0.15, -0.1) is 13.2 Å². The van der Waals surface area contributed by atoms with E-state index < -0.39 is 79.0 Å². The SMILES string of the molecule is C.C.C=CC[C@@H]1C=CC(=O)C([C@@H](C)[C@@H]2O[C@H](C[C@@H](C)COC(C)=O)[C@H](OCc3ccccc3)[C@@H]2O)O1.C=CC[C@@H]1CCC(=O)[C@@H]([C@@H](OC(C)=O)[C@@H]2O[C@H](C[C@@H](C)COC(C)=O)[C@H](OCc3ccccc3)[C@@H]2O)O1. The molecule has 0 radical (unpaired) electrons. The van der Waals surface area contributed by atoms with Gasteiger partial charge in [0.05, 0.1) is 56.9 Å². The molecule has 4 aliphatic rings. The highest BCUT2D eigenvalue weighted by atomic mass is 16.6. The fourth-order valence-corrected chi connectivity index (χ4v) is 9.37. The molecule has 0 bridgehead atoms. The van der Waals surface area contributed by atoms with Crippen molar-refractivity contribution in [1.82, 2.24) is 0 Å². The molecule has 0 aromatic heterocycles. The normalized spacial score (nSPS) is 29.2. The Bertz CT molecular complexity index is 2060. The number of carbonyl (C=O) groups excluding carboxylic acids is 5. The molecule has 6 rings (SSSR count). The van der Waals surface area contributed by atoms with Gasteiger partial charge in [-0.2, -0.15) is 0 Å². The molecule has 73 heavy (non-hydrogen) atoms. The number of benzene rings is 2. The molecule has 1 unspecified atom stereocenters. The molecule has 0 amide bonds. The summed E-state index contributed by atoms with van der Waals surface area (Å²) in [4.78, 5) is 60.0. The lowest BCUT2D eigenvalue weighted by atomic mass is 9.88. The lowest BCUT2D eigenvalue weighted by Gasteiger charge is -2.36. The molecule has 4 aliphatic heterocycles. The minimum atomic E-state index is -1.20. The predicted molar refractivity (Wildman–Crippen MR) is 274 cm³/mol. The van der Waals surface area contributed by atoms with Gasteiger partial charge in [0.25, 0.3) is 0 Å². The van der Waals surface area contributed by atoms with Gasteiger partial charge < -0.3 is 52.8 Å². The summed E-state index contributed by atoms with van der Waals surface area (Å²) in [6.07, 6.45) is 0.00164. The van der Waals surface area contributed by atoms with E-state index in [1.54, 1.807) is 24.3 Å². The van der Waals surface area contributed by atoms with Crippen LogP contribution in [0.5, 0.6) is 0 Å². The molecule has 2 N–H and O–H groups in total. The summed E-state index contributed by atoms with van der Waals surface area (Å²) >= 11 is 0. The maximum atomic E-state index is 12.9. The smallest absolute Gasteiger partial charge is 0.303 e. The zero-order chi connectivity index (χ0) is 51.6. The van der Waals surface area contributed by atoms with Crippen LogP contribution < -0.4 is 0 Å². The Morgan fingerprint density at radius 2 is 1.18 bits per heavy atom. The number of carbonyl (C=O) groups is 5. The zero-order valence-electron chi connectivity index (χ0n) is 41.9. The fraction of sp³-hybridized carbons (Fsp3) is 0.596. The molecule has 0 saturated carbocycles. The second-order valence-electron chi connectivity index (χ2n) is 19.1. The van der Waals surface area contributed by atoms with Gasteiger partial charge in [-0.05, 0) is 61.1 Å². The van der Waals surface area contributed by atoms with Crippen molar-refractivity contribution in [2.75, 3.05) is 13.2 Å². The van der Waals surface area contributed by atoms with Crippen LogP contribution in [-0.2, 0) is 79.8 Å². The Morgan fingerprint density at radius 3 is 1.66 bits per heavy atom. The molecule has 2 aromatic rings. The van der Waals surface area contributed by atoms with Crippen LogP contribution in [0.1, 0.15) is 106 Å². The highest BCUT2D eigenvalue weighted by Crippen LogP contribution is 2.37. The third-order valence-electron chi connectivity index (χ3n) is 12.9. The van der Waals surface area contributed by atoms with E-state index in [0.29, 0.717) is 38.7 Å². The quantitative estimate of drug-likeness (QED) is 0.0625. The van der Waals surface area contributed by atoms with Gasteiger partial charge in [-0.25, -0.2) is 0 Å². The van der Waals surface area contributed by atoms with Crippen LogP contribution in [0.3, 0.4) is 0 Å². The Labute approximate surface area is 432 Å². The van der Waals surface area contributed by atoms with Crippen LogP contribution in [0.15, 0.2) is 98.1 Å². The van der Waals surface area contributed by atoms with Crippen LogP contribution in [0.2, 0.25) is 0 Å². The van der Waals surface area contributed by atoms with Gasteiger partial charge in [0.1, 0.15) is 36.6 Å². The Hall–Kier alpha value is -4.91. The molecule has 16 heteroatoms. The van der Waals surface area contributed by atoms with Gasteiger partial charge in [0.15, 0.2) is 23.8 Å². The minimum Gasteiger partial charge on any atom is -0.466 e. The van der Waals surface area contributed by atoms with Gasteiger partial charge in [0.2, 0.25) is 0 Å². The fourth-order valence-electron chi connectivity index (χ4n) is 9.37. The summed E-state index contributed by atoms with van der Waals surface area (Å²) in [6.45, 7) is 18.2. The lowest BCUT2D eigenvalue weighted by molar-refractivity contribution is -0.190. The Morgan fingerprint density at radius 1 is 0.685 bits per heavy atom. The van der Waals surface area contributed by atoms with Gasteiger partial charge in [-0.3, -0.25) is 24.0 Å². The number of hydrogen-bond donors (Lipinski definition) is 2. The standard InChI is InChI=1S/C28H38O9.C27H36O7.2CH4/c1-5-9-21-12-13-22(31)25(36-21)28(35-19(4)30)27-24(32)26(34-16-20-10-7-6-8-11-20)23(37-27)14-17(2)15-33-18(3)29;1-5-9-21-12-13-22(29)25(33-21)18(3)26-24(30)27(32-16-20-10-7-6-8-11-20)23(34-26)14-17(2)15-31-19(4)28;;/h5-8,10-11,17,21,23-28,32H,1,9,12-16H2,2-4H3;5-8,10-13,17-18,21,23-27,30H,1,9,14-16H2,2-4H3;2*1H4/t17-,21-,23-,24+,25+,26+,27-,28-;17-,18-,21-,23-,24-,25?,26+,27+;;/m11../s1. The number of aliphatic hydroxyl groups is 2. The summed E-state index contributed by atoms with van der Waals surface area (Å²) in [6, 6.07) is 19.2. The van der Waals surface area contributed by atoms with E-state index in [1.165, 1.54) is 20.8 Å². The minimum absolute atomic E-state index is 0. The summed E-state index contributed by atoms with van der Waals surface area (Å²) in [5, 5.41) is 22.6. The van der Waals surface area contributed by atoms with Crippen molar-refractivity contribution < 1.29 is 76.8 Å². The van der Waals surface area contributed by atoms with Crippen molar-refractivity contribution in [3.8, 4) is 0 Å². The molecule has 0 spiro atoms. The highest BCUT2D eigenvalue weighted by Gasteiger charge is 2.54. The molecule has 3 saturated heterocycles. The van der Waals surface area contributed by atoms with E-state index in [-0.39, 0.29) is 88.6 Å². The topological polar surface area (TPSA) is 209 Å². The number of Topliss-reactive ketones (excluding diaryl/α,β-unsaturated/α-hetero) is 1. The van der Waals surface area contributed by atoms with Crippen LogP contribution in [-0.4, -0.2) is 132 Å². The summed E-state index contributed by atoms with van der Waals surface area (Å²) in [5.41, 5.74) is 1.90. The molecular weight excluding hydrogens is 941 g/mol. The first-order valence-corrected chi connectivity index (χ1v) is 24.7. The molecule has 2 aromatic carbocycles. The van der Waals surface area contributed by atoms with E-state index in [4.69, 9.17) is 42.6 Å². The molecule has 4 heterocycles. The molecule has 16 atom stereocenters. The number of hydrogen-bond acceptors (Lipinski definition) is 16. The van der Waals surface area contributed by atoms with Gasteiger partial charge in [0, 0.05) is 33.1 Å². The number of esters is 3. The van der Waals surface area contributed by atoms with E-state index in [9.17, 15) is 34.2 Å². The number of ether oxygens (including phenoxy) is 9. The van der Waals surface area contributed by atoms with E-state index in [1.807, 2.05) is 81.4 Å². The third-order valence-corrected chi connectivity index (χ3v) is 12.9. The van der Waals surface area contributed by atoms with Crippen molar-refractivity contribution in [3.63, 3.8) is 0 Å². The monoisotopic (exact) mass is 1020 g/mol.